The number of likely N-dealkylation sites (N-methyl/N-ethyl adjacent to an activating group) is 1. The summed E-state index contributed by atoms with van der Waals surface area (Å²) in [6.07, 6.45) is 1.06. The minimum atomic E-state index is 0.253. The van der Waals surface area contributed by atoms with Gasteiger partial charge in [0.05, 0.1) is 0 Å². The molecule has 0 heterocycles. The second kappa shape index (κ2) is 6.18. The lowest BCUT2D eigenvalue weighted by Crippen LogP contribution is -2.37. The highest BCUT2D eigenvalue weighted by Gasteiger charge is 2.16. The van der Waals surface area contributed by atoms with Crippen LogP contribution in [0.5, 0.6) is 0 Å². The van der Waals surface area contributed by atoms with Crippen LogP contribution in [0.25, 0.3) is 0 Å². The van der Waals surface area contributed by atoms with E-state index in [1.165, 1.54) is 5.56 Å². The Hall–Kier alpha value is -0.860. The van der Waals surface area contributed by atoms with Crippen molar-refractivity contribution in [2.75, 3.05) is 13.6 Å². The Kier molecular flexibility index (Phi) is 5.16. The predicted molar refractivity (Wildman–Crippen MR) is 74.8 cm³/mol. The van der Waals surface area contributed by atoms with Crippen LogP contribution in [0.1, 0.15) is 32.8 Å². The zero-order valence-corrected chi connectivity index (χ0v) is 11.6. The number of rotatable bonds is 5. The molecule has 0 saturated heterocycles. The molecule has 0 spiro atoms. The van der Waals surface area contributed by atoms with Gasteiger partial charge in [0.15, 0.2) is 0 Å². The third kappa shape index (κ3) is 6.44. The minimum Gasteiger partial charge on any atom is -0.327 e. The van der Waals surface area contributed by atoms with Crippen molar-refractivity contribution >= 4 is 0 Å². The lowest BCUT2D eigenvalue weighted by atomic mass is 9.88. The standard InChI is InChI=1S/C15H26N2/c1-15(2,3)10-14(16)12-17(4)11-13-8-6-5-7-9-13/h5-9,14H,10-12,16H2,1-4H3. The highest BCUT2D eigenvalue weighted by atomic mass is 15.1. The summed E-state index contributed by atoms with van der Waals surface area (Å²) in [6.45, 7) is 8.64. The van der Waals surface area contributed by atoms with E-state index >= 15 is 0 Å². The van der Waals surface area contributed by atoms with Crippen molar-refractivity contribution in [1.82, 2.24) is 4.90 Å². The molecule has 0 aromatic heterocycles. The van der Waals surface area contributed by atoms with E-state index in [9.17, 15) is 0 Å². The fourth-order valence-electron chi connectivity index (χ4n) is 2.21. The van der Waals surface area contributed by atoms with E-state index in [-0.39, 0.29) is 6.04 Å². The van der Waals surface area contributed by atoms with Crippen molar-refractivity contribution in [3.63, 3.8) is 0 Å². The zero-order chi connectivity index (χ0) is 12.9. The van der Waals surface area contributed by atoms with E-state index in [2.05, 4.69) is 63.1 Å². The third-order valence-corrected chi connectivity index (χ3v) is 2.72. The number of nitrogens with zero attached hydrogens (tertiary/aromatic N) is 1. The molecule has 2 nitrogen and oxygen atoms in total. The summed E-state index contributed by atoms with van der Waals surface area (Å²) in [5.74, 6) is 0. The molecule has 0 fully saturated rings. The van der Waals surface area contributed by atoms with Crippen LogP contribution in [-0.4, -0.2) is 24.5 Å². The summed E-state index contributed by atoms with van der Waals surface area (Å²) in [5, 5.41) is 0. The maximum atomic E-state index is 6.17. The summed E-state index contributed by atoms with van der Waals surface area (Å²) in [7, 11) is 2.13. The normalized spacial score (nSPS) is 14.0. The van der Waals surface area contributed by atoms with Crippen molar-refractivity contribution in [1.29, 1.82) is 0 Å². The van der Waals surface area contributed by atoms with Gasteiger partial charge in [0.2, 0.25) is 0 Å². The lowest BCUT2D eigenvalue weighted by molar-refractivity contribution is 0.256. The molecule has 0 aliphatic carbocycles. The van der Waals surface area contributed by atoms with Crippen molar-refractivity contribution in [3.8, 4) is 0 Å². The number of benzene rings is 1. The minimum absolute atomic E-state index is 0.253. The number of hydrogen-bond donors (Lipinski definition) is 1. The zero-order valence-electron chi connectivity index (χ0n) is 11.6. The van der Waals surface area contributed by atoms with Gasteiger partial charge in [0, 0.05) is 19.1 Å². The Labute approximate surface area is 106 Å². The first-order chi connectivity index (χ1) is 7.87. The van der Waals surface area contributed by atoms with Gasteiger partial charge in [-0.3, -0.25) is 0 Å². The number of nitrogens with two attached hydrogens (primary N) is 1. The van der Waals surface area contributed by atoms with Crippen LogP contribution in [0.3, 0.4) is 0 Å². The van der Waals surface area contributed by atoms with Crippen molar-refractivity contribution in [3.05, 3.63) is 35.9 Å². The molecule has 2 heteroatoms. The summed E-state index contributed by atoms with van der Waals surface area (Å²) < 4.78 is 0. The first kappa shape index (κ1) is 14.2. The SMILES string of the molecule is CN(Cc1ccccc1)CC(N)CC(C)(C)C. The van der Waals surface area contributed by atoms with Gasteiger partial charge in [-0.1, -0.05) is 51.1 Å². The fraction of sp³-hybridized carbons (Fsp3) is 0.600. The van der Waals surface area contributed by atoms with E-state index in [1.54, 1.807) is 0 Å². The van der Waals surface area contributed by atoms with E-state index in [0.717, 1.165) is 19.5 Å². The molecule has 1 aromatic carbocycles. The highest BCUT2D eigenvalue weighted by Crippen LogP contribution is 2.20. The molecule has 2 N–H and O–H groups in total. The topological polar surface area (TPSA) is 29.3 Å². The maximum absolute atomic E-state index is 6.17. The Bertz CT molecular complexity index is 313. The lowest BCUT2D eigenvalue weighted by Gasteiger charge is -2.27. The van der Waals surface area contributed by atoms with Crippen LogP contribution < -0.4 is 5.73 Å². The highest BCUT2D eigenvalue weighted by molar-refractivity contribution is 5.14. The summed E-state index contributed by atoms with van der Waals surface area (Å²) >= 11 is 0. The fourth-order valence-corrected chi connectivity index (χ4v) is 2.21. The largest absolute Gasteiger partial charge is 0.327 e. The Morgan fingerprint density at radius 3 is 2.29 bits per heavy atom. The Morgan fingerprint density at radius 1 is 1.18 bits per heavy atom. The first-order valence-electron chi connectivity index (χ1n) is 6.35. The molecule has 17 heavy (non-hydrogen) atoms. The van der Waals surface area contributed by atoms with Crippen molar-refractivity contribution in [2.24, 2.45) is 11.1 Å². The molecule has 0 radical (unpaired) electrons. The third-order valence-electron chi connectivity index (χ3n) is 2.72. The predicted octanol–water partition coefficient (Wildman–Crippen LogP) is 2.88. The molecule has 1 atom stereocenters. The molecule has 96 valence electrons. The summed E-state index contributed by atoms with van der Waals surface area (Å²) in [6, 6.07) is 10.8. The van der Waals surface area contributed by atoms with Crippen molar-refractivity contribution < 1.29 is 0 Å². The van der Waals surface area contributed by atoms with Gasteiger partial charge in [-0.25, -0.2) is 0 Å². The maximum Gasteiger partial charge on any atom is 0.0231 e. The molecular weight excluding hydrogens is 208 g/mol. The molecule has 0 saturated carbocycles. The van der Waals surface area contributed by atoms with Crippen LogP contribution in [0, 0.1) is 5.41 Å². The molecule has 0 aliphatic heterocycles. The molecule has 1 aromatic rings. The van der Waals surface area contributed by atoms with Crippen LogP contribution in [0.2, 0.25) is 0 Å². The first-order valence-corrected chi connectivity index (χ1v) is 6.35. The van der Waals surface area contributed by atoms with Gasteiger partial charge in [-0.05, 0) is 24.4 Å². The van der Waals surface area contributed by atoms with E-state index < -0.39 is 0 Å². The van der Waals surface area contributed by atoms with Crippen LogP contribution in [0.15, 0.2) is 30.3 Å². The Morgan fingerprint density at radius 2 is 1.76 bits per heavy atom. The van der Waals surface area contributed by atoms with Gasteiger partial charge >= 0.3 is 0 Å². The molecule has 1 unspecified atom stereocenters. The monoisotopic (exact) mass is 234 g/mol. The average molecular weight is 234 g/mol. The quantitative estimate of drug-likeness (QED) is 0.849. The summed E-state index contributed by atoms with van der Waals surface area (Å²) in [5.41, 5.74) is 7.83. The van der Waals surface area contributed by atoms with E-state index in [1.807, 2.05) is 0 Å². The van der Waals surface area contributed by atoms with Gasteiger partial charge in [0.1, 0.15) is 0 Å². The molecule has 0 amide bonds. The molecule has 0 aliphatic rings. The van der Waals surface area contributed by atoms with Crippen LogP contribution >= 0.6 is 0 Å². The second-order valence-electron chi connectivity index (χ2n) is 6.21. The molecular formula is C15H26N2. The van der Waals surface area contributed by atoms with Crippen LogP contribution in [0.4, 0.5) is 0 Å². The second-order valence-corrected chi connectivity index (χ2v) is 6.21. The van der Waals surface area contributed by atoms with Gasteiger partial charge in [0.25, 0.3) is 0 Å². The summed E-state index contributed by atoms with van der Waals surface area (Å²) in [4.78, 5) is 2.30. The van der Waals surface area contributed by atoms with Gasteiger partial charge < -0.3 is 10.6 Å². The van der Waals surface area contributed by atoms with Crippen LogP contribution in [-0.2, 0) is 6.54 Å². The smallest absolute Gasteiger partial charge is 0.0231 e. The number of hydrogen-bond acceptors (Lipinski definition) is 2. The van der Waals surface area contributed by atoms with E-state index in [0.29, 0.717) is 5.41 Å². The van der Waals surface area contributed by atoms with E-state index in [4.69, 9.17) is 5.73 Å². The van der Waals surface area contributed by atoms with Crippen molar-refractivity contribution in [2.45, 2.75) is 39.8 Å². The van der Waals surface area contributed by atoms with Gasteiger partial charge in [-0.15, -0.1) is 0 Å². The Balaban J connectivity index is 2.37. The average Bonchev–Trinajstić information content (AvgIpc) is 2.15. The molecule has 1 rings (SSSR count). The molecule has 0 bridgehead atoms. The van der Waals surface area contributed by atoms with Gasteiger partial charge in [-0.2, -0.15) is 0 Å².